The van der Waals surface area contributed by atoms with Crippen LogP contribution in [0.4, 0.5) is 8.78 Å². The minimum atomic E-state index is -0.310. The molecular formula is C31H28F2NO+. The summed E-state index contributed by atoms with van der Waals surface area (Å²) >= 11 is 0. The first kappa shape index (κ1) is 22.0. The van der Waals surface area contributed by atoms with Crippen molar-refractivity contribution in [3.8, 4) is 22.4 Å². The number of hydrogen-bond donors (Lipinski definition) is 0. The van der Waals surface area contributed by atoms with Crippen molar-refractivity contribution < 1.29 is 17.8 Å². The van der Waals surface area contributed by atoms with Gasteiger partial charge in [-0.1, -0.05) is 49.2 Å². The topological polar surface area (TPSA) is 17.0 Å². The zero-order valence-electron chi connectivity index (χ0n) is 20.3. The molecule has 2 heterocycles. The Morgan fingerprint density at radius 1 is 0.771 bits per heavy atom. The van der Waals surface area contributed by atoms with E-state index in [4.69, 9.17) is 4.42 Å². The summed E-state index contributed by atoms with van der Waals surface area (Å²) in [5, 5.41) is 1.75. The highest BCUT2D eigenvalue weighted by atomic mass is 19.1. The van der Waals surface area contributed by atoms with Gasteiger partial charge in [0.05, 0.1) is 11.1 Å². The fraction of sp³-hybridized carbons (Fsp3) is 0.258. The smallest absolute Gasteiger partial charge is 0.219 e. The molecule has 0 aliphatic heterocycles. The summed E-state index contributed by atoms with van der Waals surface area (Å²) in [6, 6.07) is 17.2. The Balaban J connectivity index is 1.58. The van der Waals surface area contributed by atoms with E-state index in [1.54, 1.807) is 25.3 Å². The molecule has 1 fully saturated rings. The molecule has 35 heavy (non-hydrogen) atoms. The van der Waals surface area contributed by atoms with Crippen molar-refractivity contribution in [3.63, 3.8) is 0 Å². The zero-order chi connectivity index (χ0) is 24.3. The molecule has 2 aromatic heterocycles. The fourth-order valence-electron chi connectivity index (χ4n) is 5.75. The van der Waals surface area contributed by atoms with E-state index in [0.29, 0.717) is 28.2 Å². The van der Waals surface area contributed by atoms with E-state index in [0.717, 1.165) is 33.2 Å². The van der Waals surface area contributed by atoms with E-state index >= 15 is 4.39 Å². The van der Waals surface area contributed by atoms with Crippen molar-refractivity contribution in [1.82, 2.24) is 0 Å². The van der Waals surface area contributed by atoms with E-state index in [-0.39, 0.29) is 11.6 Å². The molecule has 0 bridgehead atoms. The number of benzene rings is 3. The van der Waals surface area contributed by atoms with Gasteiger partial charge in [0.25, 0.3) is 0 Å². The molecule has 176 valence electrons. The average Bonchev–Trinajstić information content (AvgIpc) is 3.50. The van der Waals surface area contributed by atoms with Gasteiger partial charge >= 0.3 is 0 Å². The number of furan rings is 1. The first-order valence-corrected chi connectivity index (χ1v) is 12.3. The molecular weight excluding hydrogens is 440 g/mol. The van der Waals surface area contributed by atoms with Gasteiger partial charge in [0, 0.05) is 22.4 Å². The first-order valence-electron chi connectivity index (χ1n) is 12.3. The third-order valence-electron chi connectivity index (χ3n) is 7.66. The lowest BCUT2D eigenvalue weighted by atomic mass is 9.94. The molecule has 2 nitrogen and oxygen atoms in total. The molecule has 6 rings (SSSR count). The number of halogens is 2. The van der Waals surface area contributed by atoms with Crippen molar-refractivity contribution in [3.05, 3.63) is 89.1 Å². The van der Waals surface area contributed by atoms with Crippen LogP contribution in [-0.4, -0.2) is 0 Å². The molecule has 5 aromatic rings. The van der Waals surface area contributed by atoms with Crippen LogP contribution in [0.3, 0.4) is 0 Å². The molecule has 1 aliphatic rings. The maximum absolute atomic E-state index is 15.3. The van der Waals surface area contributed by atoms with Crippen LogP contribution in [0, 0.1) is 25.5 Å². The van der Waals surface area contributed by atoms with E-state index in [1.165, 1.54) is 37.3 Å². The monoisotopic (exact) mass is 468 g/mol. The van der Waals surface area contributed by atoms with Gasteiger partial charge in [0.1, 0.15) is 29.8 Å². The molecule has 0 N–H and O–H groups in total. The van der Waals surface area contributed by atoms with Gasteiger partial charge in [-0.3, -0.25) is 0 Å². The second-order valence-corrected chi connectivity index (χ2v) is 9.94. The normalized spacial score (nSPS) is 14.4. The van der Waals surface area contributed by atoms with Gasteiger partial charge in [-0.2, -0.15) is 0 Å². The number of rotatable bonds is 3. The zero-order valence-corrected chi connectivity index (χ0v) is 20.3. The summed E-state index contributed by atoms with van der Waals surface area (Å²) in [5.41, 5.74) is 6.87. The second kappa shape index (κ2) is 8.30. The highest BCUT2D eigenvalue weighted by Gasteiger charge is 2.24. The number of fused-ring (bicyclic) bond motifs is 3. The van der Waals surface area contributed by atoms with Gasteiger partial charge in [-0.05, 0) is 61.4 Å². The van der Waals surface area contributed by atoms with Crippen molar-refractivity contribution in [2.75, 3.05) is 0 Å². The quantitative estimate of drug-likeness (QED) is 0.243. The van der Waals surface area contributed by atoms with E-state index in [1.807, 2.05) is 42.8 Å². The summed E-state index contributed by atoms with van der Waals surface area (Å²) in [4.78, 5) is 0. The Morgan fingerprint density at radius 3 is 2.14 bits per heavy atom. The molecule has 0 atom stereocenters. The molecule has 0 amide bonds. The molecule has 0 saturated heterocycles. The minimum Gasteiger partial charge on any atom is -0.454 e. The maximum atomic E-state index is 15.3. The Hall–Kier alpha value is -3.53. The van der Waals surface area contributed by atoms with Crippen LogP contribution in [0.15, 0.2) is 65.2 Å². The van der Waals surface area contributed by atoms with Crippen molar-refractivity contribution in [1.29, 1.82) is 0 Å². The Labute approximate surface area is 203 Å². The van der Waals surface area contributed by atoms with Crippen LogP contribution in [0.2, 0.25) is 0 Å². The number of aromatic nitrogens is 1. The lowest BCUT2D eigenvalue weighted by molar-refractivity contribution is -0.661. The van der Waals surface area contributed by atoms with E-state index < -0.39 is 0 Å². The van der Waals surface area contributed by atoms with Gasteiger partial charge in [-0.15, -0.1) is 0 Å². The number of nitrogens with zero attached hydrogens (tertiary/aromatic N) is 1. The standard InChI is InChI=1S/C31H28F2NO/c1-18-8-13-23-24-14-15-25(32)29(22-11-9-21(10-12-22)20-6-4-5-7-20)31(24)35-30(23)28(18)27-16-26(33)19(2)17-34(27)3/h8-17,20H,4-7H2,1-3H3/q+1. The van der Waals surface area contributed by atoms with Gasteiger partial charge < -0.3 is 4.42 Å². The van der Waals surface area contributed by atoms with Crippen molar-refractivity contribution in [2.45, 2.75) is 45.4 Å². The lowest BCUT2D eigenvalue weighted by Gasteiger charge is -2.11. The molecule has 4 heteroatoms. The van der Waals surface area contributed by atoms with E-state index in [9.17, 15) is 4.39 Å². The van der Waals surface area contributed by atoms with Crippen LogP contribution in [0.1, 0.15) is 48.3 Å². The minimum absolute atomic E-state index is 0.264. The predicted octanol–water partition coefficient (Wildman–Crippen LogP) is 8.30. The first-order chi connectivity index (χ1) is 16.9. The summed E-state index contributed by atoms with van der Waals surface area (Å²) in [6.07, 6.45) is 6.80. The van der Waals surface area contributed by atoms with Crippen LogP contribution < -0.4 is 4.57 Å². The molecule has 1 saturated carbocycles. The van der Waals surface area contributed by atoms with Crippen LogP contribution in [0.25, 0.3) is 44.3 Å². The van der Waals surface area contributed by atoms with Crippen LogP contribution in [0.5, 0.6) is 0 Å². The summed E-state index contributed by atoms with van der Waals surface area (Å²) in [5.74, 6) is 0.0344. The Kier molecular flexibility index (Phi) is 5.21. The highest BCUT2D eigenvalue weighted by molar-refractivity contribution is 6.13. The molecule has 0 radical (unpaired) electrons. The fourth-order valence-corrected chi connectivity index (χ4v) is 5.75. The molecule has 3 aromatic carbocycles. The Bertz CT molecular complexity index is 1590. The van der Waals surface area contributed by atoms with Gasteiger partial charge in [0.15, 0.2) is 6.20 Å². The summed E-state index contributed by atoms with van der Waals surface area (Å²) in [6.45, 7) is 3.74. The number of pyridine rings is 1. The van der Waals surface area contributed by atoms with Gasteiger partial charge in [-0.25, -0.2) is 13.3 Å². The predicted molar refractivity (Wildman–Crippen MR) is 136 cm³/mol. The largest absolute Gasteiger partial charge is 0.454 e. The van der Waals surface area contributed by atoms with Crippen molar-refractivity contribution >= 4 is 21.9 Å². The Morgan fingerprint density at radius 2 is 1.43 bits per heavy atom. The summed E-state index contributed by atoms with van der Waals surface area (Å²) < 4.78 is 38.2. The molecule has 0 unspecified atom stereocenters. The second-order valence-electron chi connectivity index (χ2n) is 9.94. The highest BCUT2D eigenvalue weighted by Crippen LogP contribution is 2.42. The third kappa shape index (κ3) is 3.54. The molecule has 0 spiro atoms. The third-order valence-corrected chi connectivity index (χ3v) is 7.66. The summed E-state index contributed by atoms with van der Waals surface area (Å²) in [7, 11) is 1.90. The van der Waals surface area contributed by atoms with Crippen molar-refractivity contribution in [2.24, 2.45) is 7.05 Å². The van der Waals surface area contributed by atoms with Crippen LogP contribution >= 0.6 is 0 Å². The maximum Gasteiger partial charge on any atom is 0.219 e. The van der Waals surface area contributed by atoms with E-state index in [2.05, 4.69) is 12.1 Å². The lowest BCUT2D eigenvalue weighted by Crippen LogP contribution is -2.31. The number of hydrogen-bond acceptors (Lipinski definition) is 1. The molecule has 1 aliphatic carbocycles. The number of aryl methyl sites for hydroxylation is 3. The SMILES string of the molecule is Cc1c[n+](C)c(-c2c(C)ccc3c2oc2c(-c4ccc(C5CCCC5)cc4)c(F)ccc23)cc1F. The van der Waals surface area contributed by atoms with Gasteiger partial charge in [0.2, 0.25) is 5.69 Å². The van der Waals surface area contributed by atoms with Crippen LogP contribution in [-0.2, 0) is 7.05 Å². The average molecular weight is 469 g/mol.